The van der Waals surface area contributed by atoms with Crippen LogP contribution in [-0.2, 0) is 9.59 Å². The summed E-state index contributed by atoms with van der Waals surface area (Å²) in [5.74, 6) is -1.76. The lowest BCUT2D eigenvalue weighted by Gasteiger charge is -2.14. The minimum atomic E-state index is -1.17. The van der Waals surface area contributed by atoms with Crippen molar-refractivity contribution in [3.63, 3.8) is 0 Å². The third-order valence-corrected chi connectivity index (χ3v) is 2.20. The quantitative estimate of drug-likeness (QED) is 0.474. The summed E-state index contributed by atoms with van der Waals surface area (Å²) in [5.41, 5.74) is 4.90. The van der Waals surface area contributed by atoms with Crippen LogP contribution in [0, 0.1) is 0 Å². The highest BCUT2D eigenvalue weighted by atomic mass is 16.4. The first-order chi connectivity index (χ1) is 7.49. The van der Waals surface area contributed by atoms with Gasteiger partial charge < -0.3 is 21.5 Å². The monoisotopic (exact) mass is 229 g/mol. The summed E-state index contributed by atoms with van der Waals surface area (Å²) in [6, 6.07) is -1.43. The first-order valence-corrected chi connectivity index (χ1v) is 5.07. The number of amides is 3. The first-order valence-electron chi connectivity index (χ1n) is 5.07. The summed E-state index contributed by atoms with van der Waals surface area (Å²) >= 11 is 0. The van der Waals surface area contributed by atoms with Gasteiger partial charge in [-0.25, -0.2) is 9.59 Å². The molecule has 1 aliphatic carbocycles. The number of carbonyl (C=O) groups is 3. The van der Waals surface area contributed by atoms with Crippen molar-refractivity contribution < 1.29 is 19.5 Å². The maximum atomic E-state index is 11.3. The smallest absolute Gasteiger partial charge is 0.326 e. The van der Waals surface area contributed by atoms with Gasteiger partial charge in [-0.2, -0.15) is 0 Å². The fourth-order valence-electron chi connectivity index (χ4n) is 1.16. The molecule has 1 aliphatic rings. The second kappa shape index (κ2) is 5.34. The molecule has 3 amide bonds. The Morgan fingerprint density at radius 1 is 1.38 bits per heavy atom. The van der Waals surface area contributed by atoms with Crippen LogP contribution in [0.4, 0.5) is 4.79 Å². The molecule has 1 unspecified atom stereocenters. The van der Waals surface area contributed by atoms with E-state index >= 15 is 0 Å². The molecule has 1 fully saturated rings. The summed E-state index contributed by atoms with van der Waals surface area (Å²) in [7, 11) is 0. The molecule has 0 saturated heterocycles. The van der Waals surface area contributed by atoms with E-state index in [-0.39, 0.29) is 18.9 Å². The van der Waals surface area contributed by atoms with Gasteiger partial charge in [-0.1, -0.05) is 0 Å². The minimum Gasteiger partial charge on any atom is -0.480 e. The predicted molar refractivity (Wildman–Crippen MR) is 54.5 cm³/mol. The average Bonchev–Trinajstić information content (AvgIpc) is 2.95. The molecule has 0 aliphatic heterocycles. The number of carbonyl (C=O) groups excluding carboxylic acids is 2. The van der Waals surface area contributed by atoms with Crippen LogP contribution in [0.5, 0.6) is 0 Å². The van der Waals surface area contributed by atoms with Gasteiger partial charge in [0.2, 0.25) is 5.91 Å². The van der Waals surface area contributed by atoms with E-state index < -0.39 is 23.9 Å². The Bertz CT molecular complexity index is 301. The van der Waals surface area contributed by atoms with Crippen LogP contribution < -0.4 is 16.4 Å². The number of urea groups is 1. The largest absolute Gasteiger partial charge is 0.480 e. The molecule has 7 nitrogen and oxygen atoms in total. The van der Waals surface area contributed by atoms with Gasteiger partial charge in [-0.3, -0.25) is 4.79 Å². The second-order valence-corrected chi connectivity index (χ2v) is 3.79. The summed E-state index contributed by atoms with van der Waals surface area (Å²) in [6.45, 7) is 0. The zero-order valence-corrected chi connectivity index (χ0v) is 8.73. The molecule has 5 N–H and O–H groups in total. The van der Waals surface area contributed by atoms with Gasteiger partial charge >= 0.3 is 12.0 Å². The lowest BCUT2D eigenvalue weighted by molar-refractivity contribution is -0.139. The Kier molecular flexibility index (Phi) is 4.10. The van der Waals surface area contributed by atoms with Crippen LogP contribution in [-0.4, -0.2) is 35.1 Å². The summed E-state index contributed by atoms with van der Waals surface area (Å²) < 4.78 is 0. The zero-order valence-electron chi connectivity index (χ0n) is 8.73. The van der Waals surface area contributed by atoms with E-state index in [0.29, 0.717) is 0 Å². The molecule has 0 radical (unpaired) electrons. The summed E-state index contributed by atoms with van der Waals surface area (Å²) in [6.07, 6.45) is 1.78. The number of nitrogens with two attached hydrogens (primary N) is 1. The Labute approximate surface area is 92.4 Å². The molecule has 0 aromatic carbocycles. The number of carboxylic acids is 1. The maximum absolute atomic E-state index is 11.3. The molecule has 90 valence electrons. The van der Waals surface area contributed by atoms with Gasteiger partial charge in [-0.05, 0) is 19.3 Å². The van der Waals surface area contributed by atoms with Crippen LogP contribution >= 0.6 is 0 Å². The Hall–Kier alpha value is -1.79. The highest BCUT2D eigenvalue weighted by molar-refractivity contribution is 5.83. The molecule has 1 atom stereocenters. The Balaban J connectivity index is 2.33. The van der Waals surface area contributed by atoms with Crippen LogP contribution in [0.1, 0.15) is 25.7 Å². The van der Waals surface area contributed by atoms with Crippen LogP contribution in [0.15, 0.2) is 0 Å². The number of hydrogen-bond donors (Lipinski definition) is 4. The van der Waals surface area contributed by atoms with Gasteiger partial charge in [-0.15, -0.1) is 0 Å². The molecule has 0 aromatic rings. The minimum absolute atomic E-state index is 0.00273. The molecular formula is C9H15N3O4. The van der Waals surface area contributed by atoms with Crippen molar-refractivity contribution in [2.75, 3.05) is 0 Å². The van der Waals surface area contributed by atoms with E-state index in [1.54, 1.807) is 0 Å². The molecule has 7 heteroatoms. The zero-order chi connectivity index (χ0) is 12.1. The fourth-order valence-corrected chi connectivity index (χ4v) is 1.16. The molecule has 0 aromatic heterocycles. The van der Waals surface area contributed by atoms with E-state index in [4.69, 9.17) is 10.8 Å². The van der Waals surface area contributed by atoms with E-state index in [2.05, 4.69) is 10.6 Å². The third kappa shape index (κ3) is 4.63. The van der Waals surface area contributed by atoms with Gasteiger partial charge in [0.1, 0.15) is 6.04 Å². The molecule has 0 spiro atoms. The fraction of sp³-hybridized carbons (Fsp3) is 0.667. The Morgan fingerprint density at radius 3 is 2.44 bits per heavy atom. The van der Waals surface area contributed by atoms with Gasteiger partial charge in [0.25, 0.3) is 0 Å². The van der Waals surface area contributed by atoms with Crippen molar-refractivity contribution in [1.82, 2.24) is 10.6 Å². The number of carboxylic acid groups (broad SMARTS) is 1. The van der Waals surface area contributed by atoms with E-state index in [1.165, 1.54) is 0 Å². The average molecular weight is 229 g/mol. The van der Waals surface area contributed by atoms with E-state index in [1.807, 2.05) is 0 Å². The number of primary amides is 1. The SMILES string of the molecule is NC(=O)CCC(NC(=O)NC1CC1)C(=O)O. The highest BCUT2D eigenvalue weighted by Crippen LogP contribution is 2.18. The summed E-state index contributed by atoms with van der Waals surface area (Å²) in [5, 5.41) is 13.7. The molecule has 1 saturated carbocycles. The van der Waals surface area contributed by atoms with Crippen LogP contribution in [0.25, 0.3) is 0 Å². The molecule has 16 heavy (non-hydrogen) atoms. The van der Waals surface area contributed by atoms with Crippen molar-refractivity contribution in [3.8, 4) is 0 Å². The van der Waals surface area contributed by atoms with E-state index in [0.717, 1.165) is 12.8 Å². The topological polar surface area (TPSA) is 122 Å². The number of nitrogens with one attached hydrogen (secondary N) is 2. The van der Waals surface area contributed by atoms with Crippen LogP contribution in [0.3, 0.4) is 0 Å². The van der Waals surface area contributed by atoms with E-state index in [9.17, 15) is 14.4 Å². The first kappa shape index (κ1) is 12.3. The van der Waals surface area contributed by atoms with Crippen molar-refractivity contribution in [3.05, 3.63) is 0 Å². The standard InChI is InChI=1S/C9H15N3O4/c10-7(13)4-3-6(8(14)15)12-9(16)11-5-1-2-5/h5-6H,1-4H2,(H2,10,13)(H,14,15)(H2,11,12,16). The third-order valence-electron chi connectivity index (χ3n) is 2.20. The summed E-state index contributed by atoms with van der Waals surface area (Å²) in [4.78, 5) is 32.5. The van der Waals surface area contributed by atoms with Crippen molar-refractivity contribution in [2.45, 2.75) is 37.8 Å². The molecule has 0 bridgehead atoms. The normalized spacial score (nSPS) is 16.2. The van der Waals surface area contributed by atoms with Gasteiger partial charge in [0.05, 0.1) is 0 Å². The number of aliphatic carboxylic acids is 1. The Morgan fingerprint density at radius 2 is 2.00 bits per heavy atom. The highest BCUT2D eigenvalue weighted by Gasteiger charge is 2.26. The van der Waals surface area contributed by atoms with Gasteiger partial charge in [0.15, 0.2) is 0 Å². The second-order valence-electron chi connectivity index (χ2n) is 3.79. The van der Waals surface area contributed by atoms with Crippen molar-refractivity contribution in [2.24, 2.45) is 5.73 Å². The number of rotatable bonds is 6. The lowest BCUT2D eigenvalue weighted by atomic mass is 10.1. The van der Waals surface area contributed by atoms with Gasteiger partial charge in [0, 0.05) is 12.5 Å². The molecule has 1 rings (SSSR count). The van der Waals surface area contributed by atoms with Crippen LogP contribution in [0.2, 0.25) is 0 Å². The maximum Gasteiger partial charge on any atom is 0.326 e. The van der Waals surface area contributed by atoms with Crippen molar-refractivity contribution in [1.29, 1.82) is 0 Å². The van der Waals surface area contributed by atoms with Crippen molar-refractivity contribution >= 4 is 17.9 Å². The lowest BCUT2D eigenvalue weighted by Crippen LogP contribution is -2.46. The molecular weight excluding hydrogens is 214 g/mol. The number of hydrogen-bond acceptors (Lipinski definition) is 3. The predicted octanol–water partition coefficient (Wildman–Crippen LogP) is -0.833. The molecule has 0 heterocycles.